The van der Waals surface area contributed by atoms with Crippen molar-refractivity contribution in [2.45, 2.75) is 44.1 Å². The Morgan fingerprint density at radius 2 is 1.62 bits per heavy atom. The second kappa shape index (κ2) is 6.58. The third kappa shape index (κ3) is 5.28. The number of nitrogens with zero attached hydrogens (tertiary/aromatic N) is 2. The Kier molecular flexibility index (Phi) is 5.73. The zero-order valence-corrected chi connectivity index (χ0v) is 11.3. The molecule has 0 atom stereocenters. The fraction of sp³-hybridized carbons (Fsp3) is 1.00. The summed E-state index contributed by atoms with van der Waals surface area (Å²) in [4.78, 5) is 4.65. The molecule has 0 saturated heterocycles. The summed E-state index contributed by atoms with van der Waals surface area (Å²) in [5.74, 6) is 0. The van der Waals surface area contributed by atoms with E-state index in [0.29, 0.717) is 0 Å². The zero-order chi connectivity index (χ0) is 12.0. The largest absolute Gasteiger partial charge is 0.324 e. The van der Waals surface area contributed by atoms with Crippen LogP contribution < -0.4 is 5.73 Å². The molecule has 2 N–H and O–H groups in total. The summed E-state index contributed by atoms with van der Waals surface area (Å²) in [7, 11) is 6.47. The molecule has 0 unspecified atom stereocenters. The van der Waals surface area contributed by atoms with E-state index in [-0.39, 0.29) is 5.54 Å². The Morgan fingerprint density at radius 3 is 2.19 bits per heavy atom. The van der Waals surface area contributed by atoms with Gasteiger partial charge in [0.1, 0.15) is 0 Å². The van der Waals surface area contributed by atoms with Crippen molar-refractivity contribution in [1.29, 1.82) is 0 Å². The average Bonchev–Trinajstić information content (AvgIpc) is 2.17. The molecule has 0 aromatic carbocycles. The van der Waals surface area contributed by atoms with E-state index >= 15 is 0 Å². The molecule has 1 rings (SSSR count). The number of hydrogen-bond acceptors (Lipinski definition) is 3. The molecule has 0 radical (unpaired) electrons. The molecular weight excluding hydrogens is 198 g/mol. The van der Waals surface area contributed by atoms with Gasteiger partial charge in [-0.05, 0) is 53.5 Å². The first kappa shape index (κ1) is 13.9. The lowest BCUT2D eigenvalue weighted by Crippen LogP contribution is -2.50. The van der Waals surface area contributed by atoms with E-state index in [2.05, 4.69) is 30.9 Å². The molecule has 0 aromatic heterocycles. The summed E-state index contributed by atoms with van der Waals surface area (Å²) in [6.07, 6.45) is 7.68. The molecule has 1 saturated carbocycles. The highest BCUT2D eigenvalue weighted by Gasteiger charge is 2.28. The van der Waals surface area contributed by atoms with Crippen molar-refractivity contribution in [1.82, 2.24) is 9.80 Å². The Hall–Kier alpha value is -0.120. The first-order valence-electron chi connectivity index (χ1n) is 6.64. The third-order valence-corrected chi connectivity index (χ3v) is 3.58. The highest BCUT2D eigenvalue weighted by atomic mass is 15.1. The first-order chi connectivity index (χ1) is 7.52. The number of nitrogens with two attached hydrogens (primary N) is 1. The van der Waals surface area contributed by atoms with Gasteiger partial charge in [-0.15, -0.1) is 0 Å². The van der Waals surface area contributed by atoms with Crippen LogP contribution >= 0.6 is 0 Å². The van der Waals surface area contributed by atoms with Gasteiger partial charge >= 0.3 is 0 Å². The summed E-state index contributed by atoms with van der Waals surface area (Å²) >= 11 is 0. The smallest absolute Gasteiger partial charge is 0.0283 e. The predicted octanol–water partition coefficient (Wildman–Crippen LogP) is 1.53. The molecule has 0 amide bonds. The van der Waals surface area contributed by atoms with Gasteiger partial charge in [0.15, 0.2) is 0 Å². The molecule has 0 heterocycles. The van der Waals surface area contributed by atoms with Gasteiger partial charge < -0.3 is 15.5 Å². The van der Waals surface area contributed by atoms with E-state index < -0.39 is 0 Å². The van der Waals surface area contributed by atoms with Crippen LogP contribution in [0, 0.1) is 0 Å². The maximum Gasteiger partial charge on any atom is 0.0283 e. The van der Waals surface area contributed by atoms with Gasteiger partial charge in [0.25, 0.3) is 0 Å². The fourth-order valence-electron chi connectivity index (χ4n) is 2.69. The Bertz CT molecular complexity index is 186. The third-order valence-electron chi connectivity index (χ3n) is 3.58. The van der Waals surface area contributed by atoms with Crippen molar-refractivity contribution in [3.8, 4) is 0 Å². The van der Waals surface area contributed by atoms with Gasteiger partial charge in [-0.25, -0.2) is 0 Å². The molecule has 0 aliphatic heterocycles. The SMILES string of the molecule is CN(C)CCCN(C)CC1(N)CCCCC1. The minimum Gasteiger partial charge on any atom is -0.324 e. The second-order valence-electron chi connectivity index (χ2n) is 5.82. The zero-order valence-electron chi connectivity index (χ0n) is 11.3. The molecule has 3 nitrogen and oxygen atoms in total. The Labute approximate surface area is 101 Å². The first-order valence-corrected chi connectivity index (χ1v) is 6.64. The minimum atomic E-state index is 0.102. The Morgan fingerprint density at radius 1 is 1.00 bits per heavy atom. The van der Waals surface area contributed by atoms with Crippen LogP contribution in [0.15, 0.2) is 0 Å². The fourth-order valence-corrected chi connectivity index (χ4v) is 2.69. The molecule has 3 heteroatoms. The van der Waals surface area contributed by atoms with Crippen LogP contribution in [0.3, 0.4) is 0 Å². The van der Waals surface area contributed by atoms with Crippen molar-refractivity contribution in [3.05, 3.63) is 0 Å². The summed E-state index contributed by atoms with van der Waals surface area (Å²) in [5.41, 5.74) is 6.54. The van der Waals surface area contributed by atoms with Crippen molar-refractivity contribution >= 4 is 0 Å². The van der Waals surface area contributed by atoms with Crippen LogP contribution in [0.5, 0.6) is 0 Å². The standard InChI is InChI=1S/C13H29N3/c1-15(2)10-7-11-16(3)12-13(14)8-5-4-6-9-13/h4-12,14H2,1-3H3. The minimum absolute atomic E-state index is 0.102. The molecule has 96 valence electrons. The summed E-state index contributed by atoms with van der Waals surface area (Å²) < 4.78 is 0. The van der Waals surface area contributed by atoms with Crippen molar-refractivity contribution in [3.63, 3.8) is 0 Å². The number of hydrogen-bond donors (Lipinski definition) is 1. The normalized spacial score (nSPS) is 20.6. The molecule has 0 bridgehead atoms. The highest BCUT2D eigenvalue weighted by Crippen LogP contribution is 2.26. The molecule has 0 aromatic rings. The topological polar surface area (TPSA) is 32.5 Å². The number of rotatable bonds is 6. The second-order valence-corrected chi connectivity index (χ2v) is 5.82. The molecule has 16 heavy (non-hydrogen) atoms. The van der Waals surface area contributed by atoms with Crippen LogP contribution in [0.2, 0.25) is 0 Å². The van der Waals surface area contributed by atoms with Gasteiger partial charge in [-0.1, -0.05) is 19.3 Å². The van der Waals surface area contributed by atoms with Crippen molar-refractivity contribution in [2.24, 2.45) is 5.73 Å². The van der Waals surface area contributed by atoms with Crippen LogP contribution in [0.4, 0.5) is 0 Å². The van der Waals surface area contributed by atoms with Gasteiger partial charge in [0, 0.05) is 12.1 Å². The van der Waals surface area contributed by atoms with E-state index in [1.807, 2.05) is 0 Å². The maximum absolute atomic E-state index is 6.44. The number of likely N-dealkylation sites (N-methyl/N-ethyl adjacent to an activating group) is 1. The monoisotopic (exact) mass is 227 g/mol. The van der Waals surface area contributed by atoms with E-state index in [0.717, 1.165) is 13.1 Å². The molecule has 1 aliphatic rings. The Balaban J connectivity index is 2.19. The van der Waals surface area contributed by atoms with E-state index in [4.69, 9.17) is 5.73 Å². The molecular formula is C13H29N3. The lowest BCUT2D eigenvalue weighted by molar-refractivity contribution is 0.192. The predicted molar refractivity (Wildman–Crippen MR) is 70.7 cm³/mol. The van der Waals surface area contributed by atoms with E-state index in [1.165, 1.54) is 45.1 Å². The molecule has 1 fully saturated rings. The van der Waals surface area contributed by atoms with Crippen LogP contribution in [0.1, 0.15) is 38.5 Å². The summed E-state index contributed by atoms with van der Waals surface area (Å²) in [6, 6.07) is 0. The molecule has 1 aliphatic carbocycles. The van der Waals surface area contributed by atoms with E-state index in [1.54, 1.807) is 0 Å². The lowest BCUT2D eigenvalue weighted by Gasteiger charge is -2.37. The van der Waals surface area contributed by atoms with E-state index in [9.17, 15) is 0 Å². The quantitative estimate of drug-likeness (QED) is 0.747. The average molecular weight is 227 g/mol. The van der Waals surface area contributed by atoms with Crippen LogP contribution in [-0.4, -0.2) is 56.1 Å². The van der Waals surface area contributed by atoms with Gasteiger partial charge in [-0.2, -0.15) is 0 Å². The van der Waals surface area contributed by atoms with Crippen LogP contribution in [-0.2, 0) is 0 Å². The van der Waals surface area contributed by atoms with Gasteiger partial charge in [0.05, 0.1) is 0 Å². The maximum atomic E-state index is 6.44. The lowest BCUT2D eigenvalue weighted by atomic mass is 9.82. The highest BCUT2D eigenvalue weighted by molar-refractivity contribution is 4.89. The van der Waals surface area contributed by atoms with Gasteiger partial charge in [0.2, 0.25) is 0 Å². The van der Waals surface area contributed by atoms with Crippen molar-refractivity contribution in [2.75, 3.05) is 40.8 Å². The molecule has 0 spiro atoms. The van der Waals surface area contributed by atoms with Crippen LogP contribution in [0.25, 0.3) is 0 Å². The summed E-state index contributed by atoms with van der Waals surface area (Å²) in [6.45, 7) is 3.40. The summed E-state index contributed by atoms with van der Waals surface area (Å²) in [5, 5.41) is 0. The van der Waals surface area contributed by atoms with Gasteiger partial charge in [-0.3, -0.25) is 0 Å². The van der Waals surface area contributed by atoms with Crippen molar-refractivity contribution < 1.29 is 0 Å².